The number of imidazole rings is 1. The molecule has 0 bridgehead atoms. The van der Waals surface area contributed by atoms with Crippen molar-refractivity contribution < 1.29 is 14.3 Å². The number of carboxylic acids is 1. The van der Waals surface area contributed by atoms with Crippen LogP contribution in [0.25, 0.3) is 5.65 Å². The van der Waals surface area contributed by atoms with Crippen molar-refractivity contribution in [2.45, 2.75) is 6.42 Å². The SMILES string of the molecule is O=C(O)c1ccc2nc(Cc3ccc(F)cc3)cn2c1. The Morgan fingerprint density at radius 3 is 2.60 bits per heavy atom. The Morgan fingerprint density at radius 2 is 1.90 bits per heavy atom. The number of hydrogen-bond donors (Lipinski definition) is 1. The maximum Gasteiger partial charge on any atom is 0.337 e. The van der Waals surface area contributed by atoms with Crippen LogP contribution in [0.2, 0.25) is 0 Å². The van der Waals surface area contributed by atoms with Crippen molar-refractivity contribution in [1.29, 1.82) is 0 Å². The van der Waals surface area contributed by atoms with Crippen LogP contribution < -0.4 is 0 Å². The molecule has 0 spiro atoms. The lowest BCUT2D eigenvalue weighted by molar-refractivity contribution is 0.0696. The second-order valence-electron chi connectivity index (χ2n) is 4.52. The summed E-state index contributed by atoms with van der Waals surface area (Å²) in [4.78, 5) is 15.3. The van der Waals surface area contributed by atoms with Crippen molar-refractivity contribution in [2.75, 3.05) is 0 Å². The summed E-state index contributed by atoms with van der Waals surface area (Å²) >= 11 is 0. The lowest BCUT2D eigenvalue weighted by Crippen LogP contribution is -1.97. The normalized spacial score (nSPS) is 10.8. The molecule has 0 saturated heterocycles. The number of hydrogen-bond acceptors (Lipinski definition) is 2. The van der Waals surface area contributed by atoms with E-state index in [9.17, 15) is 9.18 Å². The fourth-order valence-corrected chi connectivity index (χ4v) is 2.07. The molecule has 0 radical (unpaired) electrons. The maximum atomic E-state index is 12.8. The van der Waals surface area contributed by atoms with Gasteiger partial charge >= 0.3 is 5.97 Å². The molecule has 2 aromatic heterocycles. The van der Waals surface area contributed by atoms with Crippen LogP contribution in [0, 0.1) is 5.82 Å². The molecule has 0 aliphatic carbocycles. The highest BCUT2D eigenvalue weighted by atomic mass is 19.1. The third kappa shape index (κ3) is 2.38. The van der Waals surface area contributed by atoms with Crippen LogP contribution in [0.15, 0.2) is 48.8 Å². The molecule has 0 unspecified atom stereocenters. The molecule has 20 heavy (non-hydrogen) atoms. The van der Waals surface area contributed by atoms with E-state index in [1.54, 1.807) is 28.8 Å². The molecule has 0 atom stereocenters. The van der Waals surface area contributed by atoms with Gasteiger partial charge in [0, 0.05) is 18.8 Å². The minimum Gasteiger partial charge on any atom is -0.478 e. The molecule has 5 heteroatoms. The highest BCUT2D eigenvalue weighted by molar-refractivity contribution is 5.87. The molecule has 0 aliphatic rings. The Balaban J connectivity index is 1.92. The molecule has 0 aliphatic heterocycles. The second kappa shape index (κ2) is 4.77. The highest BCUT2D eigenvalue weighted by Gasteiger charge is 2.07. The summed E-state index contributed by atoms with van der Waals surface area (Å²) in [6, 6.07) is 9.43. The smallest absolute Gasteiger partial charge is 0.337 e. The second-order valence-corrected chi connectivity index (χ2v) is 4.52. The summed E-state index contributed by atoms with van der Waals surface area (Å²) < 4.78 is 14.5. The lowest BCUT2D eigenvalue weighted by atomic mass is 10.1. The predicted octanol–water partition coefficient (Wildman–Crippen LogP) is 2.76. The van der Waals surface area contributed by atoms with Crippen molar-refractivity contribution in [3.63, 3.8) is 0 Å². The maximum absolute atomic E-state index is 12.8. The first kappa shape index (κ1) is 12.3. The van der Waals surface area contributed by atoms with Gasteiger partial charge in [-0.2, -0.15) is 0 Å². The summed E-state index contributed by atoms with van der Waals surface area (Å²) in [6.07, 6.45) is 3.88. The van der Waals surface area contributed by atoms with Crippen molar-refractivity contribution in [2.24, 2.45) is 0 Å². The molecule has 3 aromatic rings. The topological polar surface area (TPSA) is 54.6 Å². The van der Waals surface area contributed by atoms with Gasteiger partial charge in [-0.1, -0.05) is 12.1 Å². The van der Waals surface area contributed by atoms with E-state index in [2.05, 4.69) is 4.98 Å². The summed E-state index contributed by atoms with van der Waals surface area (Å²) in [5.41, 5.74) is 2.66. The van der Waals surface area contributed by atoms with Crippen LogP contribution in [-0.4, -0.2) is 20.5 Å². The van der Waals surface area contributed by atoms with Gasteiger partial charge in [0.15, 0.2) is 0 Å². The highest BCUT2D eigenvalue weighted by Crippen LogP contribution is 2.12. The molecule has 4 nitrogen and oxygen atoms in total. The van der Waals surface area contributed by atoms with Gasteiger partial charge in [-0.25, -0.2) is 14.2 Å². The molecule has 0 saturated carbocycles. The fraction of sp³-hybridized carbons (Fsp3) is 0.0667. The molecule has 0 fully saturated rings. The van der Waals surface area contributed by atoms with Crippen molar-refractivity contribution in [3.8, 4) is 0 Å². The number of carbonyl (C=O) groups is 1. The van der Waals surface area contributed by atoms with Gasteiger partial charge in [-0.15, -0.1) is 0 Å². The van der Waals surface area contributed by atoms with Crippen LogP contribution in [0.1, 0.15) is 21.6 Å². The number of fused-ring (bicyclic) bond motifs is 1. The summed E-state index contributed by atoms with van der Waals surface area (Å²) in [5.74, 6) is -1.24. The zero-order chi connectivity index (χ0) is 14.1. The quantitative estimate of drug-likeness (QED) is 0.796. The number of aromatic nitrogens is 2. The zero-order valence-corrected chi connectivity index (χ0v) is 10.5. The van der Waals surface area contributed by atoms with E-state index in [1.807, 2.05) is 0 Å². The van der Waals surface area contributed by atoms with E-state index >= 15 is 0 Å². The first-order valence-electron chi connectivity index (χ1n) is 6.07. The van der Waals surface area contributed by atoms with Crippen LogP contribution in [-0.2, 0) is 6.42 Å². The largest absolute Gasteiger partial charge is 0.478 e. The average molecular weight is 270 g/mol. The molecular weight excluding hydrogens is 259 g/mol. The molecule has 2 heterocycles. The Bertz CT molecular complexity index is 778. The van der Waals surface area contributed by atoms with E-state index in [0.717, 1.165) is 11.3 Å². The van der Waals surface area contributed by atoms with E-state index in [0.29, 0.717) is 12.1 Å². The number of aromatic carboxylic acids is 1. The zero-order valence-electron chi connectivity index (χ0n) is 10.5. The minimum absolute atomic E-state index is 0.211. The van der Waals surface area contributed by atoms with E-state index in [-0.39, 0.29) is 11.4 Å². The summed E-state index contributed by atoms with van der Waals surface area (Å²) in [7, 11) is 0. The fourth-order valence-electron chi connectivity index (χ4n) is 2.07. The van der Waals surface area contributed by atoms with Gasteiger partial charge in [0.1, 0.15) is 11.5 Å². The van der Waals surface area contributed by atoms with Gasteiger partial charge in [-0.05, 0) is 29.8 Å². The number of nitrogens with zero attached hydrogens (tertiary/aromatic N) is 2. The van der Waals surface area contributed by atoms with Crippen LogP contribution in [0.3, 0.4) is 0 Å². The van der Waals surface area contributed by atoms with Gasteiger partial charge in [-0.3, -0.25) is 0 Å². The number of pyridine rings is 1. The third-order valence-corrected chi connectivity index (χ3v) is 3.05. The van der Waals surface area contributed by atoms with Crippen molar-refractivity contribution in [3.05, 3.63) is 71.4 Å². The molecule has 3 rings (SSSR count). The standard InChI is InChI=1S/C15H11FN2O2/c16-12-4-1-10(2-5-12)7-13-9-18-8-11(15(19)20)3-6-14(18)17-13/h1-6,8-9H,7H2,(H,19,20). The lowest BCUT2D eigenvalue weighted by Gasteiger charge is -1.97. The average Bonchev–Trinajstić information content (AvgIpc) is 2.82. The Labute approximate surface area is 114 Å². The van der Waals surface area contributed by atoms with Gasteiger partial charge in [0.05, 0.1) is 11.3 Å². The van der Waals surface area contributed by atoms with Crippen molar-refractivity contribution in [1.82, 2.24) is 9.38 Å². The number of benzene rings is 1. The molecule has 1 aromatic carbocycles. The van der Waals surface area contributed by atoms with Crippen LogP contribution in [0.4, 0.5) is 4.39 Å². The first-order valence-corrected chi connectivity index (χ1v) is 6.07. The van der Waals surface area contributed by atoms with E-state index < -0.39 is 5.97 Å². The number of rotatable bonds is 3. The molecule has 0 amide bonds. The van der Waals surface area contributed by atoms with E-state index in [1.165, 1.54) is 24.4 Å². The Morgan fingerprint density at radius 1 is 1.15 bits per heavy atom. The third-order valence-electron chi connectivity index (χ3n) is 3.05. The van der Waals surface area contributed by atoms with Crippen molar-refractivity contribution >= 4 is 11.6 Å². The summed E-state index contributed by atoms with van der Waals surface area (Å²) in [5, 5.41) is 8.94. The summed E-state index contributed by atoms with van der Waals surface area (Å²) in [6.45, 7) is 0. The van der Waals surface area contributed by atoms with Gasteiger partial charge in [0.2, 0.25) is 0 Å². The van der Waals surface area contributed by atoms with Gasteiger partial charge in [0.25, 0.3) is 0 Å². The predicted molar refractivity (Wildman–Crippen MR) is 71.4 cm³/mol. The molecule has 1 N–H and O–H groups in total. The monoisotopic (exact) mass is 270 g/mol. The first-order chi connectivity index (χ1) is 9.61. The van der Waals surface area contributed by atoms with Crippen LogP contribution >= 0.6 is 0 Å². The Kier molecular flexibility index (Phi) is 2.95. The molecule has 100 valence electrons. The van der Waals surface area contributed by atoms with Gasteiger partial charge < -0.3 is 9.51 Å². The number of halogens is 1. The minimum atomic E-state index is -0.972. The van der Waals surface area contributed by atoms with Crippen LogP contribution in [0.5, 0.6) is 0 Å². The molecular formula is C15H11FN2O2. The number of carboxylic acid groups (broad SMARTS) is 1. The van der Waals surface area contributed by atoms with E-state index in [4.69, 9.17) is 5.11 Å². The Hall–Kier alpha value is -2.69.